The number of nitrogens with zero attached hydrogens (tertiary/aromatic N) is 1. The molecule has 7 heteroatoms. The molecule has 1 heterocycles. The highest BCUT2D eigenvalue weighted by Gasteiger charge is 2.24. The zero-order valence-electron chi connectivity index (χ0n) is 14.7. The molecule has 0 unspecified atom stereocenters. The molecule has 1 N–H and O–H groups in total. The van der Waals surface area contributed by atoms with Crippen LogP contribution in [0.1, 0.15) is 11.1 Å². The summed E-state index contributed by atoms with van der Waals surface area (Å²) in [5, 5.41) is 0. The van der Waals surface area contributed by atoms with E-state index in [-0.39, 0.29) is 17.5 Å². The molecule has 1 atom stereocenters. The van der Waals surface area contributed by atoms with Crippen molar-refractivity contribution in [1.29, 1.82) is 0 Å². The molecule has 0 aromatic heterocycles. The second-order valence-electron chi connectivity index (χ2n) is 6.50. The first kappa shape index (κ1) is 19.5. The van der Waals surface area contributed by atoms with Crippen LogP contribution in [0.4, 0.5) is 0 Å². The fraction of sp³-hybridized carbons (Fsp3) is 0.368. The number of aryl methyl sites for hydroxylation is 1. The number of ether oxygens (including phenoxy) is 1. The van der Waals surface area contributed by atoms with Crippen molar-refractivity contribution in [3.05, 3.63) is 64.1 Å². The fourth-order valence-corrected chi connectivity index (χ4v) is 5.25. The van der Waals surface area contributed by atoms with E-state index in [0.717, 1.165) is 18.7 Å². The van der Waals surface area contributed by atoms with Gasteiger partial charge in [-0.25, -0.2) is 13.1 Å². The lowest BCUT2D eigenvalue weighted by Crippen LogP contribution is -2.47. The molecule has 0 spiro atoms. The molecule has 2 aromatic rings. The summed E-state index contributed by atoms with van der Waals surface area (Å²) in [6.07, 6.45) is -0.161. The van der Waals surface area contributed by atoms with Crippen LogP contribution in [0.3, 0.4) is 0 Å². The van der Waals surface area contributed by atoms with Gasteiger partial charge < -0.3 is 4.74 Å². The third kappa shape index (κ3) is 5.14. The van der Waals surface area contributed by atoms with Gasteiger partial charge in [0.1, 0.15) is 0 Å². The van der Waals surface area contributed by atoms with Gasteiger partial charge in [-0.1, -0.05) is 36.4 Å². The van der Waals surface area contributed by atoms with Gasteiger partial charge in [0, 0.05) is 30.7 Å². The zero-order valence-corrected chi connectivity index (χ0v) is 17.1. The van der Waals surface area contributed by atoms with E-state index in [0.29, 0.717) is 17.6 Å². The van der Waals surface area contributed by atoms with Crippen molar-refractivity contribution in [1.82, 2.24) is 9.62 Å². The van der Waals surface area contributed by atoms with Crippen molar-refractivity contribution < 1.29 is 13.2 Å². The largest absolute Gasteiger partial charge is 0.374 e. The highest BCUT2D eigenvalue weighted by Crippen LogP contribution is 2.23. The number of nitrogens with one attached hydrogen (secondary N) is 1. The van der Waals surface area contributed by atoms with E-state index in [2.05, 4.69) is 37.7 Å². The van der Waals surface area contributed by atoms with Crippen LogP contribution in [0.25, 0.3) is 0 Å². The van der Waals surface area contributed by atoms with Crippen LogP contribution >= 0.6 is 15.9 Å². The minimum absolute atomic E-state index is 0.161. The Balaban J connectivity index is 1.58. The summed E-state index contributed by atoms with van der Waals surface area (Å²) < 4.78 is 34.1. The van der Waals surface area contributed by atoms with Crippen LogP contribution in [0.15, 0.2) is 57.9 Å². The molecule has 0 amide bonds. The maximum atomic E-state index is 12.6. The lowest BCUT2D eigenvalue weighted by Gasteiger charge is -2.33. The summed E-state index contributed by atoms with van der Waals surface area (Å²) in [6.45, 7) is 5.18. The quantitative estimate of drug-likeness (QED) is 0.752. The number of morpholine rings is 1. The predicted molar refractivity (Wildman–Crippen MR) is 106 cm³/mol. The Kier molecular flexibility index (Phi) is 6.47. The second-order valence-corrected chi connectivity index (χ2v) is 9.09. The topological polar surface area (TPSA) is 58.6 Å². The molecule has 1 fully saturated rings. The van der Waals surface area contributed by atoms with E-state index < -0.39 is 10.0 Å². The molecule has 2 aromatic carbocycles. The molecule has 0 aliphatic carbocycles. The first-order valence-corrected chi connectivity index (χ1v) is 10.9. The van der Waals surface area contributed by atoms with Crippen molar-refractivity contribution in [2.75, 3.05) is 26.2 Å². The van der Waals surface area contributed by atoms with Crippen molar-refractivity contribution in [2.45, 2.75) is 24.5 Å². The van der Waals surface area contributed by atoms with E-state index >= 15 is 0 Å². The Labute approximate surface area is 163 Å². The zero-order chi connectivity index (χ0) is 18.6. The Hall–Kier alpha value is -1.25. The molecule has 1 aliphatic heterocycles. The van der Waals surface area contributed by atoms with E-state index in [1.807, 2.05) is 25.1 Å². The van der Waals surface area contributed by atoms with Crippen molar-refractivity contribution in [2.24, 2.45) is 0 Å². The molecular formula is C19H23BrN2O3S. The summed E-state index contributed by atoms with van der Waals surface area (Å²) in [6, 6.07) is 15.5. The van der Waals surface area contributed by atoms with E-state index in [1.54, 1.807) is 18.2 Å². The molecule has 3 rings (SSSR count). The van der Waals surface area contributed by atoms with Gasteiger partial charge in [0.2, 0.25) is 10.0 Å². The van der Waals surface area contributed by atoms with Gasteiger partial charge >= 0.3 is 0 Å². The molecular weight excluding hydrogens is 416 g/mol. The fourth-order valence-electron chi connectivity index (χ4n) is 2.99. The first-order valence-electron chi connectivity index (χ1n) is 8.58. The van der Waals surface area contributed by atoms with Crippen molar-refractivity contribution in [3.63, 3.8) is 0 Å². The maximum absolute atomic E-state index is 12.6. The summed E-state index contributed by atoms with van der Waals surface area (Å²) in [5.41, 5.74) is 2.25. The minimum atomic E-state index is -3.58. The average molecular weight is 439 g/mol. The Morgan fingerprint density at radius 2 is 2.00 bits per heavy atom. The Morgan fingerprint density at radius 1 is 1.23 bits per heavy atom. The van der Waals surface area contributed by atoms with E-state index in [1.165, 1.54) is 5.56 Å². The van der Waals surface area contributed by atoms with Crippen LogP contribution < -0.4 is 4.72 Å². The lowest BCUT2D eigenvalue weighted by molar-refractivity contribution is -0.0276. The predicted octanol–water partition coefficient (Wildman–Crippen LogP) is 2.94. The summed E-state index contributed by atoms with van der Waals surface area (Å²) >= 11 is 3.34. The molecule has 140 valence electrons. The molecule has 0 radical (unpaired) electrons. The second kappa shape index (κ2) is 8.63. The molecule has 26 heavy (non-hydrogen) atoms. The lowest BCUT2D eigenvalue weighted by atomic mass is 10.2. The third-order valence-corrected chi connectivity index (χ3v) is 6.75. The number of halogens is 1. The van der Waals surface area contributed by atoms with Gasteiger partial charge in [-0.3, -0.25) is 4.90 Å². The maximum Gasteiger partial charge on any atom is 0.241 e. The van der Waals surface area contributed by atoms with Crippen LogP contribution in [0.2, 0.25) is 0 Å². The summed E-state index contributed by atoms with van der Waals surface area (Å²) in [5.74, 6) is 0. The number of rotatable bonds is 6. The summed E-state index contributed by atoms with van der Waals surface area (Å²) in [4.78, 5) is 2.54. The molecule has 0 bridgehead atoms. The van der Waals surface area contributed by atoms with Gasteiger partial charge in [0.05, 0.1) is 17.6 Å². The molecule has 5 nitrogen and oxygen atoms in total. The molecule has 1 saturated heterocycles. The van der Waals surface area contributed by atoms with Crippen molar-refractivity contribution >= 4 is 26.0 Å². The average Bonchev–Trinajstić information content (AvgIpc) is 2.61. The standard InChI is InChI=1S/C19H23BrN2O3S/c1-15-7-8-19(18(20)11-15)26(23,24)21-12-17-14-22(9-10-25-17)13-16-5-3-2-4-6-16/h2-8,11,17,21H,9-10,12-14H2,1H3/t17-/m0/s1. The third-order valence-electron chi connectivity index (χ3n) is 4.35. The van der Waals surface area contributed by atoms with E-state index in [4.69, 9.17) is 4.74 Å². The minimum Gasteiger partial charge on any atom is -0.374 e. The van der Waals surface area contributed by atoms with Crippen LogP contribution in [0.5, 0.6) is 0 Å². The number of hydrogen-bond acceptors (Lipinski definition) is 4. The molecule has 1 aliphatic rings. The van der Waals surface area contributed by atoms with Crippen molar-refractivity contribution in [3.8, 4) is 0 Å². The Bertz CT molecular complexity index is 843. The van der Waals surface area contributed by atoms with Gasteiger partial charge in [-0.05, 0) is 46.1 Å². The SMILES string of the molecule is Cc1ccc(S(=O)(=O)NC[C@H]2CN(Cc3ccccc3)CCO2)c(Br)c1. The van der Waals surface area contributed by atoms with Crippen LogP contribution in [0, 0.1) is 6.92 Å². The molecule has 0 saturated carbocycles. The van der Waals surface area contributed by atoms with Gasteiger partial charge in [-0.2, -0.15) is 0 Å². The first-order chi connectivity index (χ1) is 12.4. The van der Waals surface area contributed by atoms with Crippen LogP contribution in [-0.2, 0) is 21.3 Å². The number of sulfonamides is 1. The van der Waals surface area contributed by atoms with Gasteiger partial charge in [0.15, 0.2) is 0 Å². The smallest absolute Gasteiger partial charge is 0.241 e. The normalized spacial score (nSPS) is 18.8. The Morgan fingerprint density at radius 3 is 2.73 bits per heavy atom. The summed E-state index contributed by atoms with van der Waals surface area (Å²) in [7, 11) is -3.58. The van der Waals surface area contributed by atoms with E-state index in [9.17, 15) is 8.42 Å². The van der Waals surface area contributed by atoms with Crippen LogP contribution in [-0.4, -0.2) is 45.7 Å². The highest BCUT2D eigenvalue weighted by molar-refractivity contribution is 9.10. The number of benzene rings is 2. The monoisotopic (exact) mass is 438 g/mol. The van der Waals surface area contributed by atoms with Gasteiger partial charge in [0.25, 0.3) is 0 Å². The number of hydrogen-bond donors (Lipinski definition) is 1. The highest BCUT2D eigenvalue weighted by atomic mass is 79.9. The van der Waals surface area contributed by atoms with Gasteiger partial charge in [-0.15, -0.1) is 0 Å².